The van der Waals surface area contributed by atoms with E-state index in [1.54, 1.807) is 0 Å². The molecular formula is C60H119O4U-. The Kier molecular flexibility index (Phi) is 48.6. The quantitative estimate of drug-likeness (QED) is 0.0414. The van der Waals surface area contributed by atoms with Crippen molar-refractivity contribution in [1.82, 2.24) is 0 Å². The number of carbonyl (C=O) groups is 1. The Morgan fingerprint density at radius 2 is 0.923 bits per heavy atom. The summed E-state index contributed by atoms with van der Waals surface area (Å²) in [6, 6.07) is 0. The summed E-state index contributed by atoms with van der Waals surface area (Å²) in [5.41, 5.74) is -0.694. The van der Waals surface area contributed by atoms with Gasteiger partial charge in [0, 0.05) is 43.6 Å². The summed E-state index contributed by atoms with van der Waals surface area (Å²) in [5.74, 6) is 5.90. The number of rotatable bonds is 32. The van der Waals surface area contributed by atoms with Crippen LogP contribution in [0.3, 0.4) is 0 Å². The molecule has 0 bridgehead atoms. The van der Waals surface area contributed by atoms with Crippen LogP contribution in [-0.4, -0.2) is 28.9 Å². The van der Waals surface area contributed by atoms with Crippen LogP contribution in [0.4, 0.5) is 0 Å². The molecule has 4 aliphatic carbocycles. The molecule has 0 spiro atoms. The standard InChI is InChI=1S/C51H93O4.C3H8.3C2H6.U/c1-4-7-10-12-14-27-49(28-15-13-11-8-5-2)55-50(52)29-22-36-51(53,34-9-6-3)35-20-21-37-54-48(32-30-42-38-44-23-16-17-24-45(44)39-42)33-31-43-40-46-25-18-19-26-47(46)41-43;1-3-2;3*1-2;/h37,42-49,53H,4-36,38-41H2,1-3H3;3H2,1-2H3;3*1-2H3;/q-1;;;;;. The van der Waals surface area contributed by atoms with E-state index >= 15 is 0 Å². The summed E-state index contributed by atoms with van der Waals surface area (Å²) in [7, 11) is 0. The van der Waals surface area contributed by atoms with Crippen molar-refractivity contribution >= 4 is 5.97 Å². The number of esters is 1. The molecule has 5 unspecified atom stereocenters. The van der Waals surface area contributed by atoms with Gasteiger partial charge in [-0.05, 0) is 138 Å². The Labute approximate surface area is 433 Å². The third-order valence-electron chi connectivity index (χ3n) is 15.3. The second-order valence-corrected chi connectivity index (χ2v) is 20.7. The maximum Gasteiger partial charge on any atom is 0.306 e. The molecule has 0 amide bonds. The van der Waals surface area contributed by atoms with Gasteiger partial charge in [-0.15, -0.1) is 0 Å². The number of unbranched alkanes of at least 4 members (excludes halogenated alkanes) is 10. The van der Waals surface area contributed by atoms with Crippen molar-refractivity contribution in [1.29, 1.82) is 0 Å². The summed E-state index contributed by atoms with van der Waals surface area (Å²) in [6.45, 7) is 25.1. The molecule has 0 heterocycles. The van der Waals surface area contributed by atoms with Crippen LogP contribution >= 0.6 is 0 Å². The Morgan fingerprint density at radius 1 is 0.538 bits per heavy atom. The first-order valence-corrected chi connectivity index (χ1v) is 29.7. The third kappa shape index (κ3) is 32.9. The molecule has 388 valence electrons. The minimum atomic E-state index is -0.694. The minimum Gasteiger partial charge on any atom is -0.550 e. The third-order valence-corrected chi connectivity index (χ3v) is 15.3. The zero-order chi connectivity index (χ0) is 47.7. The van der Waals surface area contributed by atoms with Crippen molar-refractivity contribution in [2.45, 2.75) is 338 Å². The van der Waals surface area contributed by atoms with E-state index in [0.29, 0.717) is 25.4 Å². The Morgan fingerprint density at radius 3 is 1.34 bits per heavy atom. The fraction of sp³-hybridized carbons (Fsp3) is 0.967. The second kappa shape index (κ2) is 46.8. The van der Waals surface area contributed by atoms with E-state index in [2.05, 4.69) is 41.2 Å². The van der Waals surface area contributed by atoms with Crippen molar-refractivity contribution < 1.29 is 50.5 Å². The summed E-state index contributed by atoms with van der Waals surface area (Å²) in [5, 5.41) is 11.8. The van der Waals surface area contributed by atoms with Crippen molar-refractivity contribution in [2.24, 2.45) is 35.5 Å². The number of carbonyl (C=O) groups excluding carboxylic acids is 1. The number of hydrogen-bond acceptors (Lipinski definition) is 4. The number of ether oxygens (including phenoxy) is 2. The predicted octanol–water partition coefficient (Wildman–Crippen LogP) is 19.9. The average molecular weight is 1140 g/mol. The number of aliphatic hydroxyl groups is 1. The predicted molar refractivity (Wildman–Crippen MR) is 283 cm³/mol. The Hall–Kier alpha value is 0.442. The maximum atomic E-state index is 13.1. The molecule has 0 aromatic heterocycles. The van der Waals surface area contributed by atoms with Crippen molar-refractivity contribution in [3.63, 3.8) is 0 Å². The normalized spacial score (nSPS) is 23.3. The smallest absolute Gasteiger partial charge is 0.306 e. The maximum absolute atomic E-state index is 13.1. The monoisotopic (exact) mass is 1140 g/mol. The topological polar surface area (TPSA) is 55.8 Å². The van der Waals surface area contributed by atoms with E-state index in [-0.39, 0.29) is 43.2 Å². The summed E-state index contributed by atoms with van der Waals surface area (Å²) < 4.78 is 12.8. The van der Waals surface area contributed by atoms with Crippen molar-refractivity contribution in [3.05, 3.63) is 6.61 Å². The van der Waals surface area contributed by atoms with Gasteiger partial charge in [0.2, 0.25) is 0 Å². The first-order chi connectivity index (χ1) is 31.3. The largest absolute Gasteiger partial charge is 0.550 e. The summed E-state index contributed by atoms with van der Waals surface area (Å²) in [6.07, 6.45) is 46.6. The van der Waals surface area contributed by atoms with Gasteiger partial charge in [-0.3, -0.25) is 4.79 Å². The SMILES string of the molecule is CC.CC.CC.CCC.CCCCCCCC(CCCCCCC)OC(=O)CCCC(O)(CCCC)CCC[CH-]OC(CCC1CC2CCCCC2C1)CCC1CC2CCCCC2C1.[U]. The van der Waals surface area contributed by atoms with Gasteiger partial charge in [0.25, 0.3) is 0 Å². The van der Waals surface area contributed by atoms with Crippen LogP contribution in [0.5, 0.6) is 0 Å². The molecule has 4 rings (SSSR count). The second-order valence-electron chi connectivity index (χ2n) is 20.7. The fourth-order valence-electron chi connectivity index (χ4n) is 11.9. The molecule has 0 aliphatic heterocycles. The number of fused-ring (bicyclic) bond motifs is 2. The van der Waals surface area contributed by atoms with E-state index in [9.17, 15) is 9.90 Å². The zero-order valence-corrected chi connectivity index (χ0v) is 50.4. The molecule has 4 aliphatic rings. The van der Waals surface area contributed by atoms with Gasteiger partial charge in [0.1, 0.15) is 6.10 Å². The van der Waals surface area contributed by atoms with Crippen LogP contribution in [0.25, 0.3) is 0 Å². The molecular weight excluding hydrogens is 1020 g/mol. The van der Waals surface area contributed by atoms with Gasteiger partial charge < -0.3 is 14.6 Å². The van der Waals surface area contributed by atoms with Crippen LogP contribution in [-0.2, 0) is 14.3 Å². The molecule has 5 atom stereocenters. The molecule has 4 nitrogen and oxygen atoms in total. The van der Waals surface area contributed by atoms with Gasteiger partial charge in [-0.1, -0.05) is 205 Å². The van der Waals surface area contributed by atoms with Crippen LogP contribution in [0, 0.1) is 73.2 Å². The molecule has 65 heavy (non-hydrogen) atoms. The molecule has 0 aromatic carbocycles. The van der Waals surface area contributed by atoms with Gasteiger partial charge >= 0.3 is 5.97 Å². The molecule has 1 N–H and O–H groups in total. The summed E-state index contributed by atoms with van der Waals surface area (Å²) in [4.78, 5) is 13.1. The Bertz CT molecular complexity index is 912. The van der Waals surface area contributed by atoms with Gasteiger partial charge in [-0.25, -0.2) is 6.61 Å². The average Bonchev–Trinajstić information content (AvgIpc) is 3.95. The first kappa shape index (κ1) is 67.5. The van der Waals surface area contributed by atoms with E-state index in [4.69, 9.17) is 9.47 Å². The van der Waals surface area contributed by atoms with Gasteiger partial charge in [0.15, 0.2) is 0 Å². The molecule has 4 saturated carbocycles. The fourth-order valence-corrected chi connectivity index (χ4v) is 11.9. The number of hydrogen-bond donors (Lipinski definition) is 1. The zero-order valence-electron chi connectivity index (χ0n) is 46.2. The minimum absolute atomic E-state index is 0. The molecule has 0 aromatic rings. The van der Waals surface area contributed by atoms with Crippen LogP contribution < -0.4 is 0 Å². The van der Waals surface area contributed by atoms with Gasteiger partial charge in [-0.2, -0.15) is 6.42 Å². The summed E-state index contributed by atoms with van der Waals surface area (Å²) >= 11 is 0. The van der Waals surface area contributed by atoms with E-state index in [0.717, 1.165) is 99.7 Å². The van der Waals surface area contributed by atoms with Crippen LogP contribution in [0.15, 0.2) is 0 Å². The van der Waals surface area contributed by atoms with Crippen LogP contribution in [0.1, 0.15) is 320 Å². The molecule has 0 saturated heterocycles. The van der Waals surface area contributed by atoms with Gasteiger partial charge in [0.05, 0.1) is 5.60 Å². The van der Waals surface area contributed by atoms with E-state index in [1.165, 1.54) is 161 Å². The molecule has 0 radical (unpaired) electrons. The molecule has 5 heteroatoms. The first-order valence-electron chi connectivity index (χ1n) is 29.7. The van der Waals surface area contributed by atoms with E-state index in [1.807, 2.05) is 41.5 Å². The molecule has 4 fully saturated rings. The Balaban J connectivity index is 0. The van der Waals surface area contributed by atoms with Crippen LogP contribution in [0.2, 0.25) is 0 Å². The van der Waals surface area contributed by atoms with Crippen molar-refractivity contribution in [3.8, 4) is 0 Å². The van der Waals surface area contributed by atoms with E-state index < -0.39 is 5.60 Å². The van der Waals surface area contributed by atoms with Crippen molar-refractivity contribution in [2.75, 3.05) is 0 Å².